The van der Waals surface area contributed by atoms with E-state index in [9.17, 15) is 26.3 Å². The predicted octanol–water partition coefficient (Wildman–Crippen LogP) is 5.13. The van der Waals surface area contributed by atoms with Crippen LogP contribution in [-0.2, 0) is 12.4 Å². The molecule has 0 unspecified atom stereocenters. The molecular weight excluding hydrogens is 326 g/mol. The maximum atomic E-state index is 12.1. The van der Waals surface area contributed by atoms with Crippen molar-refractivity contribution in [1.29, 1.82) is 0 Å². The number of halogens is 6. The molecule has 0 spiro atoms. The van der Waals surface area contributed by atoms with E-state index in [0.717, 1.165) is 24.3 Å². The summed E-state index contributed by atoms with van der Waals surface area (Å²) in [5.41, 5.74) is -1.51. The van der Waals surface area contributed by atoms with Gasteiger partial charge in [-0.3, -0.25) is 0 Å². The lowest BCUT2D eigenvalue weighted by molar-refractivity contribution is -0.139. The van der Waals surface area contributed by atoms with E-state index in [1.807, 2.05) is 0 Å². The molecule has 0 saturated carbocycles. The lowest BCUT2D eigenvalue weighted by Gasteiger charge is -2.08. The molecule has 0 saturated heterocycles. The lowest BCUT2D eigenvalue weighted by Crippen LogP contribution is -2.05. The first kappa shape index (κ1) is 18.7. The summed E-state index contributed by atoms with van der Waals surface area (Å²) >= 11 is 0. The van der Waals surface area contributed by atoms with Gasteiger partial charge >= 0.3 is 12.4 Å². The molecule has 0 aliphatic rings. The van der Waals surface area contributed by atoms with E-state index in [0.29, 0.717) is 5.56 Å². The maximum Gasteiger partial charge on any atom is 0.419 e. The second-order valence-electron chi connectivity index (χ2n) is 4.53. The molecule has 23 heavy (non-hydrogen) atoms. The van der Waals surface area contributed by atoms with Crippen LogP contribution >= 0.6 is 0 Å². The van der Waals surface area contributed by atoms with Gasteiger partial charge in [0.05, 0.1) is 11.1 Å². The Labute approximate surface area is 127 Å². The maximum absolute atomic E-state index is 12.1. The quantitative estimate of drug-likeness (QED) is 0.654. The van der Waals surface area contributed by atoms with Crippen LogP contribution in [-0.4, -0.2) is 10.2 Å². The second kappa shape index (κ2) is 6.80. The van der Waals surface area contributed by atoms with Crippen molar-refractivity contribution in [2.24, 2.45) is 0 Å². The SMILES string of the molecule is Cc1ccc(O)c(C(F)(F)F)c1.Oc1ccccc1C(F)(F)F. The van der Waals surface area contributed by atoms with Gasteiger partial charge in [-0.15, -0.1) is 0 Å². The van der Waals surface area contributed by atoms with Crippen LogP contribution in [0.4, 0.5) is 26.3 Å². The molecule has 2 rings (SSSR count). The molecule has 0 fully saturated rings. The zero-order chi connectivity index (χ0) is 17.8. The van der Waals surface area contributed by atoms with E-state index in [2.05, 4.69) is 0 Å². The number of alkyl halides is 6. The van der Waals surface area contributed by atoms with E-state index >= 15 is 0 Å². The summed E-state index contributed by atoms with van der Waals surface area (Å²) in [6.07, 6.45) is -8.94. The van der Waals surface area contributed by atoms with E-state index in [4.69, 9.17) is 10.2 Å². The molecule has 0 aliphatic carbocycles. The van der Waals surface area contributed by atoms with Gasteiger partial charge < -0.3 is 10.2 Å². The fraction of sp³-hybridized carbons (Fsp3) is 0.200. The van der Waals surface area contributed by atoms with Gasteiger partial charge in [-0.1, -0.05) is 23.8 Å². The van der Waals surface area contributed by atoms with Gasteiger partial charge in [0.1, 0.15) is 11.5 Å². The van der Waals surface area contributed by atoms with Crippen molar-refractivity contribution >= 4 is 0 Å². The fourth-order valence-electron chi connectivity index (χ4n) is 1.59. The summed E-state index contributed by atoms with van der Waals surface area (Å²) in [5, 5.41) is 17.6. The average molecular weight is 338 g/mol. The van der Waals surface area contributed by atoms with Crippen molar-refractivity contribution in [1.82, 2.24) is 0 Å². The number of hydrogen-bond acceptors (Lipinski definition) is 2. The Morgan fingerprint density at radius 1 is 0.696 bits per heavy atom. The molecule has 2 aromatic carbocycles. The first-order valence-electron chi connectivity index (χ1n) is 6.15. The number of hydrogen-bond donors (Lipinski definition) is 2. The molecule has 0 bridgehead atoms. The van der Waals surface area contributed by atoms with Crippen molar-refractivity contribution < 1.29 is 36.6 Å². The topological polar surface area (TPSA) is 40.5 Å². The van der Waals surface area contributed by atoms with Crippen LogP contribution < -0.4 is 0 Å². The first-order chi connectivity index (χ1) is 10.4. The molecule has 0 radical (unpaired) electrons. The van der Waals surface area contributed by atoms with Crippen LogP contribution in [0.3, 0.4) is 0 Å². The van der Waals surface area contributed by atoms with Gasteiger partial charge in [-0.05, 0) is 31.2 Å². The van der Waals surface area contributed by atoms with Gasteiger partial charge in [-0.2, -0.15) is 26.3 Å². The third-order valence-corrected chi connectivity index (χ3v) is 2.67. The number of phenols is 2. The zero-order valence-electron chi connectivity index (χ0n) is 11.7. The smallest absolute Gasteiger partial charge is 0.419 e. The van der Waals surface area contributed by atoms with Gasteiger partial charge in [0, 0.05) is 0 Å². The Balaban J connectivity index is 0.000000231. The van der Waals surface area contributed by atoms with Gasteiger partial charge in [0.25, 0.3) is 0 Å². The van der Waals surface area contributed by atoms with Gasteiger partial charge in [0.15, 0.2) is 0 Å². The Hall–Kier alpha value is -2.38. The highest BCUT2D eigenvalue weighted by Gasteiger charge is 2.34. The molecule has 2 aromatic rings. The highest BCUT2D eigenvalue weighted by atomic mass is 19.4. The van der Waals surface area contributed by atoms with Gasteiger partial charge in [0.2, 0.25) is 0 Å². The summed E-state index contributed by atoms with van der Waals surface area (Å²) in [7, 11) is 0. The van der Waals surface area contributed by atoms with E-state index in [1.165, 1.54) is 25.1 Å². The number of benzene rings is 2. The van der Waals surface area contributed by atoms with Crippen molar-refractivity contribution in [3.05, 3.63) is 59.2 Å². The van der Waals surface area contributed by atoms with E-state index in [-0.39, 0.29) is 0 Å². The molecule has 0 aromatic heterocycles. The van der Waals surface area contributed by atoms with Gasteiger partial charge in [-0.25, -0.2) is 0 Å². The summed E-state index contributed by atoms with van der Waals surface area (Å²) in [4.78, 5) is 0. The largest absolute Gasteiger partial charge is 0.507 e. The normalized spacial score (nSPS) is 11.6. The average Bonchev–Trinajstić information content (AvgIpc) is 2.40. The molecule has 126 valence electrons. The summed E-state index contributed by atoms with van der Waals surface area (Å²) in [5.74, 6) is -1.46. The van der Waals surface area contributed by atoms with Crippen LogP contribution in [0.1, 0.15) is 16.7 Å². The summed E-state index contributed by atoms with van der Waals surface area (Å²) < 4.78 is 71.9. The third kappa shape index (κ3) is 5.39. The highest BCUT2D eigenvalue weighted by molar-refractivity contribution is 5.37. The fourth-order valence-corrected chi connectivity index (χ4v) is 1.59. The summed E-state index contributed by atoms with van der Waals surface area (Å²) in [6.45, 7) is 1.54. The Bertz CT molecular complexity index is 662. The van der Waals surface area contributed by atoms with Crippen molar-refractivity contribution in [3.8, 4) is 11.5 Å². The van der Waals surface area contributed by atoms with Crippen LogP contribution in [0.2, 0.25) is 0 Å². The van der Waals surface area contributed by atoms with Crippen molar-refractivity contribution in [2.75, 3.05) is 0 Å². The standard InChI is InChI=1S/C8H7F3O.C7H5F3O/c1-5-2-3-7(12)6(4-5)8(9,10)11;8-7(9,10)5-3-1-2-4-6(5)11/h2-4,12H,1H3;1-4,11H. The molecule has 8 heteroatoms. The Kier molecular flexibility index (Phi) is 5.52. The Morgan fingerprint density at radius 2 is 1.17 bits per heavy atom. The van der Waals surface area contributed by atoms with E-state index < -0.39 is 35.0 Å². The van der Waals surface area contributed by atoms with E-state index in [1.54, 1.807) is 0 Å². The molecule has 0 aliphatic heterocycles. The minimum Gasteiger partial charge on any atom is -0.507 e. The number of phenolic OH excluding ortho intramolecular Hbond substituents is 2. The van der Waals surface area contributed by atoms with Crippen LogP contribution in [0.25, 0.3) is 0 Å². The molecule has 2 nitrogen and oxygen atoms in total. The Morgan fingerprint density at radius 3 is 1.57 bits per heavy atom. The van der Waals surface area contributed by atoms with Crippen LogP contribution in [0, 0.1) is 6.92 Å². The number of aromatic hydroxyl groups is 2. The predicted molar refractivity (Wildman–Crippen MR) is 71.0 cm³/mol. The monoisotopic (exact) mass is 338 g/mol. The molecule has 0 heterocycles. The molecule has 0 amide bonds. The third-order valence-electron chi connectivity index (χ3n) is 2.67. The lowest BCUT2D eigenvalue weighted by atomic mass is 10.1. The number of rotatable bonds is 0. The van der Waals surface area contributed by atoms with Crippen LogP contribution in [0.5, 0.6) is 11.5 Å². The minimum absolute atomic E-state index is 0.472. The summed E-state index contributed by atoms with van der Waals surface area (Å²) in [6, 6.07) is 7.77. The zero-order valence-corrected chi connectivity index (χ0v) is 11.7. The first-order valence-corrected chi connectivity index (χ1v) is 6.15. The second-order valence-corrected chi connectivity index (χ2v) is 4.53. The number of aryl methyl sites for hydroxylation is 1. The highest BCUT2D eigenvalue weighted by Crippen LogP contribution is 2.36. The number of para-hydroxylation sites is 1. The molecule has 2 N–H and O–H groups in total. The molecule has 0 atom stereocenters. The molecular formula is C15H12F6O2. The van der Waals surface area contributed by atoms with Crippen molar-refractivity contribution in [2.45, 2.75) is 19.3 Å². The van der Waals surface area contributed by atoms with Crippen molar-refractivity contribution in [3.63, 3.8) is 0 Å². The van der Waals surface area contributed by atoms with Crippen LogP contribution in [0.15, 0.2) is 42.5 Å². The minimum atomic E-state index is -4.48.